The van der Waals surface area contributed by atoms with Gasteiger partial charge in [0.25, 0.3) is 0 Å². The van der Waals surface area contributed by atoms with Crippen molar-refractivity contribution in [1.29, 1.82) is 0 Å². The number of nitrogens with two attached hydrogens (primary N) is 1. The molecule has 74 valence electrons. The summed E-state index contributed by atoms with van der Waals surface area (Å²) in [5.41, 5.74) is 7.70. The van der Waals surface area contributed by atoms with Gasteiger partial charge in [0.15, 0.2) is 11.5 Å². The van der Waals surface area contributed by atoms with Crippen molar-refractivity contribution in [3.63, 3.8) is 0 Å². The molecule has 0 aliphatic heterocycles. The zero-order chi connectivity index (χ0) is 10.1. The molecule has 0 aromatic carbocycles. The quantitative estimate of drug-likeness (QED) is 0.780. The Morgan fingerprint density at radius 2 is 2.36 bits per heavy atom. The topological polar surface area (TPSA) is 43.3 Å². The van der Waals surface area contributed by atoms with Crippen molar-refractivity contribution >= 4 is 5.65 Å². The summed E-state index contributed by atoms with van der Waals surface area (Å²) in [6.45, 7) is 2.42. The van der Waals surface area contributed by atoms with Crippen LogP contribution in [-0.4, -0.2) is 15.9 Å². The van der Waals surface area contributed by atoms with E-state index in [0.717, 1.165) is 17.8 Å². The minimum Gasteiger partial charge on any atom is -0.330 e. The number of aromatic nitrogens is 2. The molecule has 0 aliphatic carbocycles. The highest BCUT2D eigenvalue weighted by molar-refractivity contribution is 5.44. The Bertz CT molecular complexity index is 462. The van der Waals surface area contributed by atoms with Gasteiger partial charge in [0.1, 0.15) is 0 Å². The molecule has 0 radical (unpaired) electrons. The van der Waals surface area contributed by atoms with E-state index < -0.39 is 0 Å². The number of hydrogen-bond donors (Lipinski definition) is 1. The first kappa shape index (κ1) is 9.15. The molecule has 2 heterocycles. The number of fused-ring (bicyclic) bond motifs is 1. The third-order valence-electron chi connectivity index (χ3n) is 2.28. The minimum absolute atomic E-state index is 0.293. The summed E-state index contributed by atoms with van der Waals surface area (Å²) < 4.78 is 15.1. The van der Waals surface area contributed by atoms with Gasteiger partial charge in [0.2, 0.25) is 0 Å². The number of halogens is 1. The van der Waals surface area contributed by atoms with Gasteiger partial charge in [0.05, 0.1) is 5.69 Å². The highest BCUT2D eigenvalue weighted by Crippen LogP contribution is 2.14. The van der Waals surface area contributed by atoms with Gasteiger partial charge >= 0.3 is 0 Å². The molecule has 0 amide bonds. The van der Waals surface area contributed by atoms with E-state index in [1.807, 2.05) is 13.1 Å². The van der Waals surface area contributed by atoms with Gasteiger partial charge in [-0.15, -0.1) is 0 Å². The number of rotatable bonds is 2. The van der Waals surface area contributed by atoms with Gasteiger partial charge in [0, 0.05) is 18.3 Å². The third-order valence-corrected chi connectivity index (χ3v) is 2.28. The smallest absolute Gasteiger partial charge is 0.173 e. The summed E-state index contributed by atoms with van der Waals surface area (Å²) in [6, 6.07) is 3.08. The Hall–Kier alpha value is -1.42. The Kier molecular flexibility index (Phi) is 2.21. The van der Waals surface area contributed by atoms with Crippen LogP contribution in [-0.2, 0) is 6.42 Å². The van der Waals surface area contributed by atoms with E-state index in [-0.39, 0.29) is 5.82 Å². The van der Waals surface area contributed by atoms with Crippen LogP contribution in [0.25, 0.3) is 5.65 Å². The summed E-state index contributed by atoms with van der Waals surface area (Å²) in [4.78, 5) is 4.16. The van der Waals surface area contributed by atoms with E-state index in [1.54, 1.807) is 10.5 Å². The maximum absolute atomic E-state index is 13.3. The van der Waals surface area contributed by atoms with Crippen LogP contribution >= 0.6 is 0 Å². The molecule has 3 nitrogen and oxygen atoms in total. The molecule has 2 aromatic rings. The predicted molar refractivity (Wildman–Crippen MR) is 52.6 cm³/mol. The molecule has 0 fully saturated rings. The average molecular weight is 193 g/mol. The molecule has 0 saturated heterocycles. The molecule has 2 rings (SSSR count). The normalized spacial score (nSPS) is 11.1. The Labute approximate surface area is 81.4 Å². The maximum Gasteiger partial charge on any atom is 0.173 e. The second-order valence-electron chi connectivity index (χ2n) is 3.23. The lowest BCUT2D eigenvalue weighted by Gasteiger charge is -2.00. The SMILES string of the molecule is Cc1nc2c(F)cccn2c1CCN. The molecule has 0 unspecified atom stereocenters. The van der Waals surface area contributed by atoms with Gasteiger partial charge in [-0.25, -0.2) is 9.37 Å². The molecule has 0 saturated carbocycles. The first-order valence-electron chi connectivity index (χ1n) is 4.56. The highest BCUT2D eigenvalue weighted by Gasteiger charge is 2.10. The molecule has 2 aromatic heterocycles. The molecule has 0 bridgehead atoms. The number of hydrogen-bond acceptors (Lipinski definition) is 2. The van der Waals surface area contributed by atoms with Gasteiger partial charge in [-0.05, 0) is 25.6 Å². The van der Waals surface area contributed by atoms with Crippen molar-refractivity contribution in [2.24, 2.45) is 5.73 Å². The fourth-order valence-corrected chi connectivity index (χ4v) is 1.63. The van der Waals surface area contributed by atoms with Crippen LogP contribution in [0.15, 0.2) is 18.3 Å². The van der Waals surface area contributed by atoms with E-state index in [9.17, 15) is 4.39 Å². The van der Waals surface area contributed by atoms with Crippen molar-refractivity contribution < 1.29 is 4.39 Å². The number of pyridine rings is 1. The van der Waals surface area contributed by atoms with Crippen LogP contribution in [0.1, 0.15) is 11.4 Å². The van der Waals surface area contributed by atoms with Crippen molar-refractivity contribution in [1.82, 2.24) is 9.38 Å². The standard InChI is InChI=1S/C10H12FN3/c1-7-9(4-5-12)14-6-2-3-8(11)10(14)13-7/h2-3,6H,4-5,12H2,1H3. The van der Waals surface area contributed by atoms with Crippen LogP contribution in [0, 0.1) is 12.7 Å². The van der Waals surface area contributed by atoms with Gasteiger partial charge in [-0.1, -0.05) is 0 Å². The van der Waals surface area contributed by atoms with Gasteiger partial charge in [-0.3, -0.25) is 0 Å². The largest absolute Gasteiger partial charge is 0.330 e. The van der Waals surface area contributed by atoms with E-state index in [2.05, 4.69) is 4.98 Å². The lowest BCUT2D eigenvalue weighted by atomic mass is 10.2. The fourth-order valence-electron chi connectivity index (χ4n) is 1.63. The lowest BCUT2D eigenvalue weighted by molar-refractivity contribution is 0.629. The van der Waals surface area contributed by atoms with Crippen LogP contribution in [0.5, 0.6) is 0 Å². The Morgan fingerprint density at radius 3 is 3.07 bits per heavy atom. The van der Waals surface area contributed by atoms with Crippen LogP contribution in [0.2, 0.25) is 0 Å². The first-order valence-corrected chi connectivity index (χ1v) is 4.56. The fraction of sp³-hybridized carbons (Fsp3) is 0.300. The van der Waals surface area contributed by atoms with Crippen LogP contribution in [0.4, 0.5) is 4.39 Å². The Balaban J connectivity index is 2.70. The van der Waals surface area contributed by atoms with E-state index in [4.69, 9.17) is 5.73 Å². The van der Waals surface area contributed by atoms with Crippen LogP contribution in [0.3, 0.4) is 0 Å². The molecule has 0 aliphatic rings. The van der Waals surface area contributed by atoms with Crippen molar-refractivity contribution in [3.8, 4) is 0 Å². The molecule has 0 atom stereocenters. The zero-order valence-corrected chi connectivity index (χ0v) is 8.00. The predicted octanol–water partition coefficient (Wildman–Crippen LogP) is 1.28. The molecular weight excluding hydrogens is 181 g/mol. The Morgan fingerprint density at radius 1 is 1.57 bits per heavy atom. The summed E-state index contributed by atoms with van der Waals surface area (Å²) in [7, 11) is 0. The van der Waals surface area contributed by atoms with Gasteiger partial charge < -0.3 is 10.1 Å². The first-order chi connectivity index (χ1) is 6.74. The number of nitrogens with zero attached hydrogens (tertiary/aromatic N) is 2. The maximum atomic E-state index is 13.3. The molecule has 4 heteroatoms. The van der Waals surface area contributed by atoms with Crippen molar-refractivity contribution in [3.05, 3.63) is 35.5 Å². The summed E-state index contributed by atoms with van der Waals surface area (Å²) >= 11 is 0. The molecule has 2 N–H and O–H groups in total. The van der Waals surface area contributed by atoms with Crippen LogP contribution < -0.4 is 5.73 Å². The molecule has 0 spiro atoms. The van der Waals surface area contributed by atoms with Crippen molar-refractivity contribution in [2.45, 2.75) is 13.3 Å². The zero-order valence-electron chi connectivity index (χ0n) is 8.00. The highest BCUT2D eigenvalue weighted by atomic mass is 19.1. The number of aryl methyl sites for hydroxylation is 1. The number of imidazole rings is 1. The average Bonchev–Trinajstić information content (AvgIpc) is 2.47. The summed E-state index contributed by atoms with van der Waals surface area (Å²) in [6.07, 6.45) is 2.53. The third kappa shape index (κ3) is 1.28. The van der Waals surface area contributed by atoms with E-state index in [1.165, 1.54) is 6.07 Å². The van der Waals surface area contributed by atoms with Crippen molar-refractivity contribution in [2.75, 3.05) is 6.54 Å². The van der Waals surface area contributed by atoms with Gasteiger partial charge in [-0.2, -0.15) is 0 Å². The second kappa shape index (κ2) is 3.38. The van der Waals surface area contributed by atoms with E-state index >= 15 is 0 Å². The lowest BCUT2D eigenvalue weighted by Crippen LogP contribution is -2.06. The monoisotopic (exact) mass is 193 g/mol. The minimum atomic E-state index is -0.293. The van der Waals surface area contributed by atoms with E-state index in [0.29, 0.717) is 12.2 Å². The summed E-state index contributed by atoms with van der Waals surface area (Å²) in [5.74, 6) is -0.293. The second-order valence-corrected chi connectivity index (χ2v) is 3.23. The summed E-state index contributed by atoms with van der Waals surface area (Å²) in [5, 5.41) is 0. The molecule has 14 heavy (non-hydrogen) atoms. The molecular formula is C10H12FN3.